The van der Waals surface area contributed by atoms with Crippen LogP contribution in [0.4, 0.5) is 10.8 Å². The summed E-state index contributed by atoms with van der Waals surface area (Å²) in [5.74, 6) is -0.101. The van der Waals surface area contributed by atoms with Crippen LogP contribution >= 0.6 is 11.3 Å². The maximum Gasteiger partial charge on any atom is 0.231 e. The zero-order valence-corrected chi connectivity index (χ0v) is 14.7. The highest BCUT2D eigenvalue weighted by Gasteiger charge is 2.35. The third-order valence-corrected chi connectivity index (χ3v) is 4.64. The van der Waals surface area contributed by atoms with E-state index in [-0.39, 0.29) is 18.2 Å². The molecule has 1 aromatic carbocycles. The molecule has 1 aromatic heterocycles. The summed E-state index contributed by atoms with van der Waals surface area (Å²) in [6.45, 7) is 0.667. The number of hydrogen-bond acceptors (Lipinski definition) is 7. The lowest BCUT2D eigenvalue weighted by atomic mass is 10.1. The molecule has 9 heteroatoms. The van der Waals surface area contributed by atoms with Gasteiger partial charge in [-0.3, -0.25) is 9.59 Å². The van der Waals surface area contributed by atoms with Crippen LogP contribution in [0.25, 0.3) is 0 Å². The maximum atomic E-state index is 12.4. The largest absolute Gasteiger partial charge is 0.497 e. The SMILES string of the molecule is COCc1nnc(NC(=O)C2CC(=O)N(c3cccc(OC)c3)C2)s1. The molecule has 1 saturated heterocycles. The lowest BCUT2D eigenvalue weighted by Gasteiger charge is -2.17. The summed E-state index contributed by atoms with van der Waals surface area (Å²) in [6.07, 6.45) is 0.159. The van der Waals surface area contributed by atoms with Gasteiger partial charge in [0.25, 0.3) is 0 Å². The summed E-state index contributed by atoms with van der Waals surface area (Å²) in [5, 5.41) is 11.6. The summed E-state index contributed by atoms with van der Waals surface area (Å²) in [5.41, 5.74) is 0.720. The highest BCUT2D eigenvalue weighted by molar-refractivity contribution is 7.15. The normalized spacial score (nSPS) is 17.0. The first kappa shape index (κ1) is 17.3. The van der Waals surface area contributed by atoms with Crippen LogP contribution in [0, 0.1) is 5.92 Å². The van der Waals surface area contributed by atoms with Crippen molar-refractivity contribution in [3.8, 4) is 5.75 Å². The molecular formula is C16H18N4O4S. The zero-order chi connectivity index (χ0) is 17.8. The molecule has 1 aliphatic rings. The van der Waals surface area contributed by atoms with E-state index in [9.17, 15) is 9.59 Å². The lowest BCUT2D eigenvalue weighted by molar-refractivity contribution is -0.122. The number of aromatic nitrogens is 2. The Bertz CT molecular complexity index is 779. The first-order valence-electron chi connectivity index (χ1n) is 7.67. The highest BCUT2D eigenvalue weighted by atomic mass is 32.1. The summed E-state index contributed by atoms with van der Waals surface area (Å²) in [7, 11) is 3.14. The molecule has 8 nitrogen and oxygen atoms in total. The van der Waals surface area contributed by atoms with E-state index < -0.39 is 5.92 Å². The van der Waals surface area contributed by atoms with E-state index in [0.717, 1.165) is 5.69 Å². The molecule has 1 N–H and O–H groups in total. The van der Waals surface area contributed by atoms with Crippen LogP contribution in [0.2, 0.25) is 0 Å². The maximum absolute atomic E-state index is 12.4. The van der Waals surface area contributed by atoms with Crippen molar-refractivity contribution in [1.29, 1.82) is 0 Å². The average molecular weight is 362 g/mol. The van der Waals surface area contributed by atoms with Crippen molar-refractivity contribution in [2.75, 3.05) is 31.0 Å². The molecular weight excluding hydrogens is 344 g/mol. The quantitative estimate of drug-likeness (QED) is 0.840. The van der Waals surface area contributed by atoms with Crippen LogP contribution in [-0.4, -0.2) is 42.8 Å². The van der Waals surface area contributed by atoms with Crippen molar-refractivity contribution in [3.63, 3.8) is 0 Å². The van der Waals surface area contributed by atoms with Crippen molar-refractivity contribution in [3.05, 3.63) is 29.3 Å². The van der Waals surface area contributed by atoms with E-state index in [1.807, 2.05) is 12.1 Å². The molecule has 0 saturated carbocycles. The number of nitrogens with one attached hydrogen (secondary N) is 1. The van der Waals surface area contributed by atoms with Crippen LogP contribution < -0.4 is 15.0 Å². The Morgan fingerprint density at radius 1 is 1.40 bits per heavy atom. The third-order valence-electron chi connectivity index (χ3n) is 3.83. The molecule has 3 rings (SSSR count). The van der Waals surface area contributed by atoms with E-state index in [2.05, 4.69) is 15.5 Å². The third kappa shape index (κ3) is 3.94. The Balaban J connectivity index is 1.65. The molecule has 2 aromatic rings. The van der Waals surface area contributed by atoms with Gasteiger partial charge >= 0.3 is 0 Å². The first-order valence-corrected chi connectivity index (χ1v) is 8.49. The second-order valence-electron chi connectivity index (χ2n) is 5.53. The van der Waals surface area contributed by atoms with Gasteiger partial charge in [0.2, 0.25) is 16.9 Å². The molecule has 0 bridgehead atoms. The van der Waals surface area contributed by atoms with E-state index in [4.69, 9.17) is 9.47 Å². The minimum absolute atomic E-state index is 0.0919. The van der Waals surface area contributed by atoms with Crippen molar-refractivity contribution in [2.45, 2.75) is 13.0 Å². The molecule has 132 valence electrons. The van der Waals surface area contributed by atoms with E-state index in [0.29, 0.717) is 29.0 Å². The number of rotatable bonds is 6. The molecule has 1 atom stereocenters. The fourth-order valence-electron chi connectivity index (χ4n) is 2.60. The van der Waals surface area contributed by atoms with Gasteiger partial charge in [0, 0.05) is 31.8 Å². The fourth-order valence-corrected chi connectivity index (χ4v) is 3.32. The monoisotopic (exact) mass is 362 g/mol. The van der Waals surface area contributed by atoms with Crippen molar-refractivity contribution >= 4 is 34.0 Å². The van der Waals surface area contributed by atoms with Crippen molar-refractivity contribution < 1.29 is 19.1 Å². The van der Waals surface area contributed by atoms with Crippen LogP contribution in [0.3, 0.4) is 0 Å². The molecule has 25 heavy (non-hydrogen) atoms. The molecule has 1 unspecified atom stereocenters. The Labute approximate surface area is 148 Å². The molecule has 0 radical (unpaired) electrons. The fraction of sp³-hybridized carbons (Fsp3) is 0.375. The summed E-state index contributed by atoms with van der Waals surface area (Å²) >= 11 is 1.25. The van der Waals surface area contributed by atoms with Crippen LogP contribution in [0.15, 0.2) is 24.3 Å². The molecule has 2 amide bonds. The van der Waals surface area contributed by atoms with Gasteiger partial charge in [-0.05, 0) is 12.1 Å². The van der Waals surface area contributed by atoms with Crippen LogP contribution in [-0.2, 0) is 20.9 Å². The summed E-state index contributed by atoms with van der Waals surface area (Å²) < 4.78 is 10.2. The Kier molecular flexibility index (Phi) is 5.25. The van der Waals surface area contributed by atoms with Crippen molar-refractivity contribution in [2.24, 2.45) is 5.92 Å². The van der Waals surface area contributed by atoms with E-state index in [1.54, 1.807) is 31.3 Å². The molecule has 1 aliphatic heterocycles. The van der Waals surface area contributed by atoms with E-state index >= 15 is 0 Å². The van der Waals surface area contributed by atoms with Crippen LogP contribution in [0.5, 0.6) is 5.75 Å². The number of anilines is 2. The van der Waals surface area contributed by atoms with Gasteiger partial charge in [0.15, 0.2) is 0 Å². The highest BCUT2D eigenvalue weighted by Crippen LogP contribution is 2.28. The predicted octanol–water partition coefficient (Wildman–Crippen LogP) is 1.68. The van der Waals surface area contributed by atoms with Gasteiger partial charge in [-0.1, -0.05) is 17.4 Å². The average Bonchev–Trinajstić information content (AvgIpc) is 3.22. The van der Waals surface area contributed by atoms with Gasteiger partial charge in [0.05, 0.1) is 13.0 Å². The number of methoxy groups -OCH3 is 2. The van der Waals surface area contributed by atoms with Gasteiger partial charge in [-0.25, -0.2) is 0 Å². The van der Waals surface area contributed by atoms with Gasteiger partial charge in [-0.15, -0.1) is 10.2 Å². The lowest BCUT2D eigenvalue weighted by Crippen LogP contribution is -2.28. The Morgan fingerprint density at radius 2 is 2.24 bits per heavy atom. The Morgan fingerprint density at radius 3 is 3.00 bits per heavy atom. The van der Waals surface area contributed by atoms with E-state index in [1.165, 1.54) is 11.3 Å². The molecule has 2 heterocycles. The van der Waals surface area contributed by atoms with Gasteiger partial charge in [0.1, 0.15) is 17.4 Å². The summed E-state index contributed by atoms with van der Waals surface area (Å²) in [4.78, 5) is 26.3. The topological polar surface area (TPSA) is 93.7 Å². The number of amides is 2. The molecule has 0 aliphatic carbocycles. The smallest absolute Gasteiger partial charge is 0.231 e. The first-order chi connectivity index (χ1) is 12.1. The minimum Gasteiger partial charge on any atom is -0.497 e. The number of ether oxygens (including phenoxy) is 2. The number of carbonyl (C=O) groups is 2. The predicted molar refractivity (Wildman–Crippen MR) is 92.7 cm³/mol. The zero-order valence-electron chi connectivity index (χ0n) is 13.9. The van der Waals surface area contributed by atoms with Gasteiger partial charge < -0.3 is 19.7 Å². The Hall–Kier alpha value is -2.52. The number of benzene rings is 1. The number of carbonyl (C=O) groups excluding carboxylic acids is 2. The number of nitrogens with zero attached hydrogens (tertiary/aromatic N) is 3. The molecule has 0 spiro atoms. The van der Waals surface area contributed by atoms with Crippen molar-refractivity contribution in [1.82, 2.24) is 10.2 Å². The van der Waals surface area contributed by atoms with Crippen LogP contribution in [0.1, 0.15) is 11.4 Å². The van der Waals surface area contributed by atoms with Gasteiger partial charge in [-0.2, -0.15) is 0 Å². The molecule has 1 fully saturated rings. The standard InChI is InChI=1S/C16H18N4O4S/c1-23-9-13-18-19-16(25-13)17-15(22)10-6-14(21)20(8-10)11-4-3-5-12(7-11)24-2/h3-5,7,10H,6,8-9H2,1-2H3,(H,17,19,22). The summed E-state index contributed by atoms with van der Waals surface area (Å²) in [6, 6.07) is 7.22. The minimum atomic E-state index is -0.437. The second kappa shape index (κ2) is 7.58. The second-order valence-corrected chi connectivity index (χ2v) is 6.59. The number of hydrogen-bond donors (Lipinski definition) is 1.